The van der Waals surface area contributed by atoms with Crippen LogP contribution in [-0.4, -0.2) is 36.6 Å². The molecule has 3 unspecified atom stereocenters. The Morgan fingerprint density at radius 2 is 1.71 bits per heavy atom. The number of piperidine rings is 1. The lowest BCUT2D eigenvalue weighted by molar-refractivity contribution is 0.0739. The van der Waals surface area contributed by atoms with Gasteiger partial charge in [0.05, 0.1) is 0 Å². The van der Waals surface area contributed by atoms with Crippen LogP contribution in [0.3, 0.4) is 0 Å². The van der Waals surface area contributed by atoms with E-state index < -0.39 is 0 Å². The summed E-state index contributed by atoms with van der Waals surface area (Å²) in [7, 11) is 0. The highest BCUT2D eigenvalue weighted by Gasteiger charge is 2.36. The molecule has 0 aromatic rings. The summed E-state index contributed by atoms with van der Waals surface area (Å²) in [5.41, 5.74) is 0. The standard InChI is InChI=1S/C12H24N2/c1-9-7-13-8-10(2)12(9)14-6-4-5-11(14)3/h9-13H,4-8H2,1-3H3. The topological polar surface area (TPSA) is 15.3 Å². The molecule has 0 radical (unpaired) electrons. The second-order valence-corrected chi connectivity index (χ2v) is 5.33. The number of hydrogen-bond acceptors (Lipinski definition) is 2. The van der Waals surface area contributed by atoms with E-state index in [4.69, 9.17) is 0 Å². The van der Waals surface area contributed by atoms with Crippen LogP contribution in [0.5, 0.6) is 0 Å². The summed E-state index contributed by atoms with van der Waals surface area (Å²) in [5.74, 6) is 1.64. The highest BCUT2D eigenvalue weighted by molar-refractivity contribution is 4.92. The molecule has 2 heterocycles. The fraction of sp³-hybridized carbons (Fsp3) is 1.00. The highest BCUT2D eigenvalue weighted by Crippen LogP contribution is 2.29. The zero-order valence-corrected chi connectivity index (χ0v) is 9.79. The Labute approximate surface area is 88.1 Å². The van der Waals surface area contributed by atoms with E-state index in [1.165, 1.54) is 32.5 Å². The zero-order valence-electron chi connectivity index (χ0n) is 9.79. The van der Waals surface area contributed by atoms with Gasteiger partial charge in [-0.15, -0.1) is 0 Å². The van der Waals surface area contributed by atoms with Crippen molar-refractivity contribution in [1.29, 1.82) is 0 Å². The van der Waals surface area contributed by atoms with Crippen LogP contribution in [0.1, 0.15) is 33.6 Å². The molecule has 0 amide bonds. The molecular formula is C12H24N2. The van der Waals surface area contributed by atoms with Crippen molar-refractivity contribution in [2.45, 2.75) is 45.7 Å². The molecule has 0 aromatic carbocycles. The predicted octanol–water partition coefficient (Wildman–Crippen LogP) is 1.71. The summed E-state index contributed by atoms with van der Waals surface area (Å²) in [4.78, 5) is 2.76. The predicted molar refractivity (Wildman–Crippen MR) is 60.4 cm³/mol. The number of hydrogen-bond donors (Lipinski definition) is 1. The molecule has 0 saturated carbocycles. The average Bonchev–Trinajstić information content (AvgIpc) is 2.52. The molecule has 2 nitrogen and oxygen atoms in total. The molecule has 1 N–H and O–H groups in total. The molecule has 0 bridgehead atoms. The van der Waals surface area contributed by atoms with Gasteiger partial charge in [-0.2, -0.15) is 0 Å². The quantitative estimate of drug-likeness (QED) is 0.687. The fourth-order valence-electron chi connectivity index (χ4n) is 3.39. The molecule has 2 aliphatic rings. The maximum absolute atomic E-state index is 3.53. The van der Waals surface area contributed by atoms with E-state index in [0.29, 0.717) is 0 Å². The maximum atomic E-state index is 3.53. The van der Waals surface area contributed by atoms with Crippen molar-refractivity contribution < 1.29 is 0 Å². The molecule has 2 fully saturated rings. The average molecular weight is 196 g/mol. The molecule has 0 aliphatic carbocycles. The van der Waals surface area contributed by atoms with E-state index in [0.717, 1.165) is 23.9 Å². The molecule has 2 heteroatoms. The van der Waals surface area contributed by atoms with E-state index in [9.17, 15) is 0 Å². The Morgan fingerprint density at radius 1 is 1.07 bits per heavy atom. The Balaban J connectivity index is 2.05. The van der Waals surface area contributed by atoms with Gasteiger partial charge in [-0.25, -0.2) is 0 Å². The molecule has 0 spiro atoms. The van der Waals surface area contributed by atoms with Gasteiger partial charge in [0.25, 0.3) is 0 Å². The smallest absolute Gasteiger partial charge is 0.0173 e. The van der Waals surface area contributed by atoms with Gasteiger partial charge < -0.3 is 5.32 Å². The summed E-state index contributed by atoms with van der Waals surface area (Å²) in [6.07, 6.45) is 2.81. The van der Waals surface area contributed by atoms with Crippen molar-refractivity contribution in [3.8, 4) is 0 Å². The molecule has 3 atom stereocenters. The lowest BCUT2D eigenvalue weighted by atomic mass is 9.85. The lowest BCUT2D eigenvalue weighted by Gasteiger charge is -2.43. The third kappa shape index (κ3) is 1.82. The van der Waals surface area contributed by atoms with Gasteiger partial charge in [0.15, 0.2) is 0 Å². The van der Waals surface area contributed by atoms with Crippen molar-refractivity contribution >= 4 is 0 Å². The number of rotatable bonds is 1. The first-order valence-electron chi connectivity index (χ1n) is 6.16. The molecule has 2 aliphatic heterocycles. The summed E-state index contributed by atoms with van der Waals surface area (Å²) in [5, 5.41) is 3.53. The van der Waals surface area contributed by atoms with E-state index in [1.807, 2.05) is 0 Å². The van der Waals surface area contributed by atoms with Gasteiger partial charge in [-0.3, -0.25) is 4.90 Å². The molecular weight excluding hydrogens is 172 g/mol. The van der Waals surface area contributed by atoms with Crippen LogP contribution in [0.2, 0.25) is 0 Å². The Bertz CT molecular complexity index is 183. The van der Waals surface area contributed by atoms with Crippen LogP contribution < -0.4 is 5.32 Å². The first-order valence-corrected chi connectivity index (χ1v) is 6.16. The number of nitrogens with zero attached hydrogens (tertiary/aromatic N) is 1. The second-order valence-electron chi connectivity index (χ2n) is 5.33. The molecule has 14 heavy (non-hydrogen) atoms. The van der Waals surface area contributed by atoms with Gasteiger partial charge in [-0.05, 0) is 51.2 Å². The minimum absolute atomic E-state index is 0.819. The van der Waals surface area contributed by atoms with Crippen molar-refractivity contribution in [3.05, 3.63) is 0 Å². The van der Waals surface area contributed by atoms with E-state index in [2.05, 4.69) is 31.0 Å². The third-order valence-electron chi connectivity index (χ3n) is 4.09. The first-order chi connectivity index (χ1) is 6.70. The zero-order chi connectivity index (χ0) is 10.1. The van der Waals surface area contributed by atoms with E-state index >= 15 is 0 Å². The van der Waals surface area contributed by atoms with Gasteiger partial charge in [0, 0.05) is 12.1 Å². The molecule has 2 rings (SSSR count). The Morgan fingerprint density at radius 3 is 2.21 bits per heavy atom. The summed E-state index contributed by atoms with van der Waals surface area (Å²) in [6, 6.07) is 1.65. The van der Waals surface area contributed by atoms with Crippen LogP contribution in [0, 0.1) is 11.8 Å². The van der Waals surface area contributed by atoms with Crippen LogP contribution in [0.25, 0.3) is 0 Å². The van der Waals surface area contributed by atoms with E-state index in [1.54, 1.807) is 0 Å². The summed E-state index contributed by atoms with van der Waals surface area (Å²) >= 11 is 0. The van der Waals surface area contributed by atoms with Gasteiger partial charge in [-0.1, -0.05) is 13.8 Å². The molecule has 2 saturated heterocycles. The van der Waals surface area contributed by atoms with Crippen molar-refractivity contribution in [2.24, 2.45) is 11.8 Å². The minimum atomic E-state index is 0.819. The SMILES string of the molecule is CC1CNCC(C)C1N1CCCC1C. The van der Waals surface area contributed by atoms with Gasteiger partial charge in [0.2, 0.25) is 0 Å². The maximum Gasteiger partial charge on any atom is 0.0173 e. The summed E-state index contributed by atoms with van der Waals surface area (Å²) < 4.78 is 0. The largest absolute Gasteiger partial charge is 0.316 e. The number of likely N-dealkylation sites (tertiary alicyclic amines) is 1. The van der Waals surface area contributed by atoms with Crippen LogP contribution in [-0.2, 0) is 0 Å². The minimum Gasteiger partial charge on any atom is -0.316 e. The van der Waals surface area contributed by atoms with Crippen LogP contribution >= 0.6 is 0 Å². The number of nitrogens with one attached hydrogen (secondary N) is 1. The van der Waals surface area contributed by atoms with Crippen LogP contribution in [0.4, 0.5) is 0 Å². The van der Waals surface area contributed by atoms with Gasteiger partial charge in [0.1, 0.15) is 0 Å². The van der Waals surface area contributed by atoms with Crippen LogP contribution in [0.15, 0.2) is 0 Å². The third-order valence-corrected chi connectivity index (χ3v) is 4.09. The fourth-order valence-corrected chi connectivity index (χ4v) is 3.39. The van der Waals surface area contributed by atoms with Crippen molar-refractivity contribution in [1.82, 2.24) is 10.2 Å². The second kappa shape index (κ2) is 4.19. The van der Waals surface area contributed by atoms with Gasteiger partial charge >= 0.3 is 0 Å². The molecule has 0 aromatic heterocycles. The monoisotopic (exact) mass is 196 g/mol. The molecule has 82 valence electrons. The normalized spacial score (nSPS) is 45.6. The highest BCUT2D eigenvalue weighted by atomic mass is 15.2. The Kier molecular flexibility index (Phi) is 3.13. The Hall–Kier alpha value is -0.0800. The summed E-state index contributed by atoms with van der Waals surface area (Å²) in [6.45, 7) is 10.9. The van der Waals surface area contributed by atoms with Crippen molar-refractivity contribution in [2.75, 3.05) is 19.6 Å². The van der Waals surface area contributed by atoms with Crippen molar-refractivity contribution in [3.63, 3.8) is 0 Å². The van der Waals surface area contributed by atoms with E-state index in [-0.39, 0.29) is 0 Å². The first kappa shape index (κ1) is 10.4. The lowest BCUT2D eigenvalue weighted by Crippen LogP contribution is -2.54.